The number of aromatic nitrogens is 2. The van der Waals surface area contributed by atoms with Crippen LogP contribution in [0.2, 0.25) is 0 Å². The number of nitrogens with two attached hydrogens (primary N) is 1. The summed E-state index contributed by atoms with van der Waals surface area (Å²) in [5.74, 6) is 1.26. The maximum atomic E-state index is 14.5. The van der Waals surface area contributed by atoms with Crippen molar-refractivity contribution in [2.45, 2.75) is 44.3 Å². The van der Waals surface area contributed by atoms with Crippen LogP contribution in [-0.4, -0.2) is 77.5 Å². The molecule has 4 heterocycles. The standard InChI is InChI=1S/C24H27N3O3S.C19H22FN3/c1-28-21-10-9-17(16-22(21)29-2)23(26-12-14-30-15-13-26)20-8-5-11-27(20)19-7-4-3-6-18(19)24(25)31;20-17-9-3-2-8-16(17)19(23-12-4-1-5-13-23)18-10-6-14-22(18)15-7-11-21/h3-11,16,23H,12-15H2,1-2H3,(H2,25,31);2-3,6,8-10,14,19H,1,4-5,7,12-13,15H2. The van der Waals surface area contributed by atoms with Crippen molar-refractivity contribution in [3.8, 4) is 23.3 Å². The molecule has 0 amide bonds. The highest BCUT2D eigenvalue weighted by molar-refractivity contribution is 7.80. The molecular formula is C43H49FN6O3S. The van der Waals surface area contributed by atoms with Crippen molar-refractivity contribution in [2.24, 2.45) is 5.73 Å². The smallest absolute Gasteiger partial charge is 0.161 e. The zero-order valence-corrected chi connectivity index (χ0v) is 31.9. The quantitative estimate of drug-likeness (QED) is 0.130. The first-order valence-electron chi connectivity index (χ1n) is 18.6. The third kappa shape index (κ3) is 8.86. The maximum Gasteiger partial charge on any atom is 0.161 e. The molecule has 2 N–H and O–H groups in total. The Morgan fingerprint density at radius 3 is 2.22 bits per heavy atom. The van der Waals surface area contributed by atoms with E-state index in [1.54, 1.807) is 20.3 Å². The third-order valence-electron chi connectivity index (χ3n) is 10.2. The largest absolute Gasteiger partial charge is 0.493 e. The molecule has 0 aliphatic carbocycles. The van der Waals surface area contributed by atoms with Crippen molar-refractivity contribution in [1.82, 2.24) is 18.9 Å². The van der Waals surface area contributed by atoms with Crippen LogP contribution < -0.4 is 15.2 Å². The van der Waals surface area contributed by atoms with E-state index in [4.69, 9.17) is 37.4 Å². The Hall–Kier alpha value is -4.99. The Labute approximate surface area is 323 Å². The van der Waals surface area contributed by atoms with E-state index < -0.39 is 0 Å². The van der Waals surface area contributed by atoms with E-state index in [9.17, 15) is 4.39 Å². The van der Waals surface area contributed by atoms with Gasteiger partial charge in [-0.05, 0) is 86.1 Å². The molecule has 2 unspecified atom stereocenters. The number of likely N-dealkylation sites (tertiary alicyclic amines) is 1. The van der Waals surface area contributed by atoms with E-state index in [-0.39, 0.29) is 17.9 Å². The molecule has 5 aromatic rings. The highest BCUT2D eigenvalue weighted by Crippen LogP contribution is 2.37. The second-order valence-electron chi connectivity index (χ2n) is 13.4. The van der Waals surface area contributed by atoms with Gasteiger partial charge < -0.3 is 29.1 Å². The molecule has 2 atom stereocenters. The number of para-hydroxylation sites is 1. The van der Waals surface area contributed by atoms with Crippen molar-refractivity contribution in [3.05, 3.63) is 137 Å². The van der Waals surface area contributed by atoms with Crippen LogP contribution >= 0.6 is 12.2 Å². The number of thiocarbonyl (C=S) groups is 1. The molecule has 2 aromatic heterocycles. The van der Waals surface area contributed by atoms with Gasteiger partial charge in [0.05, 0.1) is 57.7 Å². The lowest BCUT2D eigenvalue weighted by Crippen LogP contribution is -2.40. The number of nitriles is 1. The van der Waals surface area contributed by atoms with Crippen LogP contribution in [0.1, 0.15) is 65.8 Å². The number of methoxy groups -OCH3 is 2. The molecule has 0 radical (unpaired) electrons. The molecule has 0 bridgehead atoms. The molecular weight excluding hydrogens is 700 g/mol. The van der Waals surface area contributed by atoms with E-state index in [2.05, 4.69) is 61.5 Å². The summed E-state index contributed by atoms with van der Waals surface area (Å²) in [5, 5.41) is 8.87. The minimum Gasteiger partial charge on any atom is -0.493 e. The van der Waals surface area contributed by atoms with Gasteiger partial charge in [-0.25, -0.2) is 4.39 Å². The number of nitrogens with zero attached hydrogens (tertiary/aromatic N) is 5. The number of aryl methyl sites for hydroxylation is 1. The van der Waals surface area contributed by atoms with Gasteiger partial charge in [0, 0.05) is 54.5 Å². The van der Waals surface area contributed by atoms with Crippen LogP contribution in [0.3, 0.4) is 0 Å². The van der Waals surface area contributed by atoms with Crippen molar-refractivity contribution in [1.29, 1.82) is 5.26 Å². The first-order chi connectivity index (χ1) is 26.4. The van der Waals surface area contributed by atoms with E-state index in [1.807, 2.05) is 54.7 Å². The summed E-state index contributed by atoms with van der Waals surface area (Å²) < 4.78 is 35.4. The number of hydrogen-bond donors (Lipinski definition) is 1. The number of piperidine rings is 1. The molecule has 54 heavy (non-hydrogen) atoms. The molecule has 2 aliphatic rings. The second-order valence-corrected chi connectivity index (χ2v) is 13.8. The van der Waals surface area contributed by atoms with E-state index >= 15 is 0 Å². The fourth-order valence-electron chi connectivity index (χ4n) is 7.62. The first-order valence-corrected chi connectivity index (χ1v) is 19.0. The molecule has 11 heteroatoms. The zero-order chi connectivity index (χ0) is 37.9. The van der Waals surface area contributed by atoms with Crippen molar-refractivity contribution in [2.75, 3.05) is 53.6 Å². The van der Waals surface area contributed by atoms with Crippen LogP contribution in [-0.2, 0) is 11.3 Å². The van der Waals surface area contributed by atoms with Crippen molar-refractivity contribution < 1.29 is 18.6 Å². The van der Waals surface area contributed by atoms with Crippen LogP contribution in [0.4, 0.5) is 4.39 Å². The van der Waals surface area contributed by atoms with Gasteiger partial charge in [-0.3, -0.25) is 9.80 Å². The minimum atomic E-state index is -0.156. The van der Waals surface area contributed by atoms with Gasteiger partial charge in [-0.2, -0.15) is 5.26 Å². The number of halogens is 1. The zero-order valence-electron chi connectivity index (χ0n) is 31.1. The highest BCUT2D eigenvalue weighted by atomic mass is 32.1. The predicted octanol–water partition coefficient (Wildman–Crippen LogP) is 7.67. The fraction of sp³-hybridized carbons (Fsp3) is 0.349. The molecule has 282 valence electrons. The normalized spacial score (nSPS) is 16.0. The van der Waals surface area contributed by atoms with Gasteiger partial charge in [-0.15, -0.1) is 0 Å². The summed E-state index contributed by atoms with van der Waals surface area (Å²) in [5.41, 5.74) is 11.9. The summed E-state index contributed by atoms with van der Waals surface area (Å²) in [6.07, 6.45) is 8.07. The lowest BCUT2D eigenvalue weighted by Gasteiger charge is -2.35. The summed E-state index contributed by atoms with van der Waals surface area (Å²) in [4.78, 5) is 5.18. The van der Waals surface area contributed by atoms with Crippen LogP contribution in [0.5, 0.6) is 11.5 Å². The Bertz CT molecular complexity index is 2030. The highest BCUT2D eigenvalue weighted by Gasteiger charge is 2.30. The third-order valence-corrected chi connectivity index (χ3v) is 10.4. The van der Waals surface area contributed by atoms with Gasteiger partial charge in [0.25, 0.3) is 0 Å². The Morgan fingerprint density at radius 1 is 0.815 bits per heavy atom. The molecule has 2 saturated heterocycles. The van der Waals surface area contributed by atoms with Gasteiger partial charge in [0.15, 0.2) is 11.5 Å². The Balaban J connectivity index is 0.000000193. The molecule has 0 saturated carbocycles. The number of hydrogen-bond acceptors (Lipinski definition) is 7. The molecule has 2 fully saturated rings. The van der Waals surface area contributed by atoms with E-state index in [0.29, 0.717) is 42.7 Å². The van der Waals surface area contributed by atoms with Gasteiger partial charge in [0.2, 0.25) is 0 Å². The predicted molar refractivity (Wildman–Crippen MR) is 214 cm³/mol. The second kappa shape index (κ2) is 18.9. The van der Waals surface area contributed by atoms with Crippen molar-refractivity contribution in [3.63, 3.8) is 0 Å². The SMILES string of the molecule is COc1ccc(C(c2cccn2-c2ccccc2C(N)=S)N2CCOCC2)cc1OC.N#CCCn1cccc1C(c1ccccc1F)N1CCCCC1. The summed E-state index contributed by atoms with van der Waals surface area (Å²) >= 11 is 5.32. The summed E-state index contributed by atoms with van der Waals surface area (Å²) in [6.45, 7) is 5.70. The number of rotatable bonds is 12. The number of morpholine rings is 1. The van der Waals surface area contributed by atoms with Gasteiger partial charge in [-0.1, -0.05) is 55.0 Å². The Kier molecular flexibility index (Phi) is 13.5. The Morgan fingerprint density at radius 2 is 1.50 bits per heavy atom. The molecule has 3 aromatic carbocycles. The van der Waals surface area contributed by atoms with Crippen LogP contribution in [0.15, 0.2) is 103 Å². The summed E-state index contributed by atoms with van der Waals surface area (Å²) in [7, 11) is 3.31. The first kappa shape index (κ1) is 38.7. The molecule has 9 nitrogen and oxygen atoms in total. The molecule has 7 rings (SSSR count). The summed E-state index contributed by atoms with van der Waals surface area (Å²) in [6, 6.07) is 31.5. The molecule has 2 aliphatic heterocycles. The minimum absolute atomic E-state index is 0.00175. The van der Waals surface area contributed by atoms with Crippen molar-refractivity contribution >= 4 is 17.2 Å². The lowest BCUT2D eigenvalue weighted by atomic mass is 9.98. The fourth-order valence-corrected chi connectivity index (χ4v) is 7.79. The molecule has 0 spiro atoms. The van der Waals surface area contributed by atoms with Gasteiger partial charge in [0.1, 0.15) is 10.8 Å². The lowest BCUT2D eigenvalue weighted by molar-refractivity contribution is 0.0229. The van der Waals surface area contributed by atoms with E-state index in [0.717, 1.165) is 72.8 Å². The average Bonchev–Trinajstić information content (AvgIpc) is 3.89. The maximum absolute atomic E-state index is 14.5. The van der Waals surface area contributed by atoms with E-state index in [1.165, 1.54) is 12.5 Å². The van der Waals surface area contributed by atoms with Gasteiger partial charge >= 0.3 is 0 Å². The van der Waals surface area contributed by atoms with Crippen LogP contribution in [0.25, 0.3) is 5.69 Å². The topological polar surface area (TPSA) is 93.8 Å². The number of ether oxygens (including phenoxy) is 3. The van der Waals surface area contributed by atoms with Crippen LogP contribution in [0, 0.1) is 17.1 Å². The number of benzene rings is 3. The monoisotopic (exact) mass is 748 g/mol. The average molecular weight is 749 g/mol.